The zero-order valence-corrected chi connectivity index (χ0v) is 11.2. The molecule has 0 bridgehead atoms. The molecule has 2 amide bonds. The van der Waals surface area contributed by atoms with Gasteiger partial charge in [-0.25, -0.2) is 4.79 Å². The highest BCUT2D eigenvalue weighted by Crippen LogP contribution is 2.19. The summed E-state index contributed by atoms with van der Waals surface area (Å²) in [6.07, 6.45) is -1.01. The number of carbonyl (C=O) groups excluding carboxylic acids is 2. The monoisotopic (exact) mass is 272 g/mol. The molecule has 1 saturated heterocycles. The Morgan fingerprint density at radius 3 is 2.26 bits per heavy atom. The summed E-state index contributed by atoms with van der Waals surface area (Å²) in [7, 11) is 0. The first-order chi connectivity index (χ1) is 8.99. The molecule has 0 aliphatic carbocycles. The first-order valence-corrected chi connectivity index (χ1v) is 6.43. The van der Waals surface area contributed by atoms with Gasteiger partial charge in [-0.2, -0.15) is 0 Å². The van der Waals surface area contributed by atoms with Crippen molar-refractivity contribution in [1.82, 2.24) is 10.2 Å². The SMILES string of the molecule is CCN(CC)C(=O)CNC(=O)C1CCC(C(=O)O)O1. The predicted octanol–water partition coefficient (Wildman–Crippen LogP) is -0.397. The smallest absolute Gasteiger partial charge is 0.332 e. The fourth-order valence-electron chi connectivity index (χ4n) is 1.98. The van der Waals surface area contributed by atoms with Crippen LogP contribution in [0, 0.1) is 0 Å². The van der Waals surface area contributed by atoms with E-state index in [-0.39, 0.29) is 12.5 Å². The average Bonchev–Trinajstić information content (AvgIpc) is 2.87. The summed E-state index contributed by atoms with van der Waals surface area (Å²) in [6, 6.07) is 0. The summed E-state index contributed by atoms with van der Waals surface area (Å²) in [5, 5.41) is 11.2. The van der Waals surface area contributed by atoms with Crippen LogP contribution in [0.2, 0.25) is 0 Å². The van der Waals surface area contributed by atoms with Crippen LogP contribution in [-0.4, -0.2) is 59.6 Å². The fourth-order valence-corrected chi connectivity index (χ4v) is 1.98. The van der Waals surface area contributed by atoms with Crippen LogP contribution in [0.1, 0.15) is 26.7 Å². The molecule has 7 heteroatoms. The molecule has 0 aromatic carbocycles. The number of nitrogens with zero attached hydrogens (tertiary/aromatic N) is 1. The third kappa shape index (κ3) is 4.20. The van der Waals surface area contributed by atoms with Crippen molar-refractivity contribution in [2.24, 2.45) is 0 Å². The van der Waals surface area contributed by atoms with Crippen molar-refractivity contribution in [3.05, 3.63) is 0 Å². The quantitative estimate of drug-likeness (QED) is 0.686. The fraction of sp³-hybridized carbons (Fsp3) is 0.750. The summed E-state index contributed by atoms with van der Waals surface area (Å²) in [6.45, 7) is 4.82. The standard InChI is InChI=1S/C12H20N2O5/c1-3-14(4-2)10(15)7-13-11(16)8-5-6-9(19-8)12(17)18/h8-9H,3-7H2,1-2H3,(H,13,16)(H,17,18). The van der Waals surface area contributed by atoms with Crippen LogP contribution in [0.15, 0.2) is 0 Å². The molecule has 0 spiro atoms. The number of aliphatic carboxylic acids is 1. The van der Waals surface area contributed by atoms with E-state index in [1.54, 1.807) is 4.90 Å². The Morgan fingerprint density at radius 2 is 1.79 bits per heavy atom. The first-order valence-electron chi connectivity index (χ1n) is 6.43. The summed E-state index contributed by atoms with van der Waals surface area (Å²) in [5.74, 6) is -1.65. The van der Waals surface area contributed by atoms with Gasteiger partial charge in [0.1, 0.15) is 6.10 Å². The Balaban J connectivity index is 2.36. The maximum absolute atomic E-state index is 11.7. The maximum atomic E-state index is 11.7. The van der Waals surface area contributed by atoms with Crippen LogP contribution in [0.25, 0.3) is 0 Å². The van der Waals surface area contributed by atoms with E-state index in [0.29, 0.717) is 25.9 Å². The van der Waals surface area contributed by atoms with Gasteiger partial charge in [-0.05, 0) is 26.7 Å². The molecule has 1 aliphatic rings. The number of carboxylic acids is 1. The van der Waals surface area contributed by atoms with Gasteiger partial charge in [-0.3, -0.25) is 9.59 Å². The molecule has 0 aromatic rings. The summed E-state index contributed by atoms with van der Waals surface area (Å²) < 4.78 is 5.09. The molecule has 2 unspecified atom stereocenters. The molecule has 7 nitrogen and oxygen atoms in total. The minimum atomic E-state index is -1.06. The van der Waals surface area contributed by atoms with Crippen molar-refractivity contribution in [3.8, 4) is 0 Å². The lowest BCUT2D eigenvalue weighted by Crippen LogP contribution is -2.43. The first kappa shape index (κ1) is 15.4. The number of nitrogens with one attached hydrogen (secondary N) is 1. The normalized spacial score (nSPS) is 22.0. The van der Waals surface area contributed by atoms with E-state index in [2.05, 4.69) is 5.32 Å². The zero-order valence-electron chi connectivity index (χ0n) is 11.2. The van der Waals surface area contributed by atoms with E-state index in [9.17, 15) is 14.4 Å². The molecule has 0 aromatic heterocycles. The second-order valence-corrected chi connectivity index (χ2v) is 4.31. The topological polar surface area (TPSA) is 95.9 Å². The van der Waals surface area contributed by atoms with Gasteiger partial charge in [0.05, 0.1) is 6.54 Å². The predicted molar refractivity (Wildman–Crippen MR) is 66.5 cm³/mol. The molecule has 2 N–H and O–H groups in total. The highest BCUT2D eigenvalue weighted by Gasteiger charge is 2.34. The number of amides is 2. The number of hydrogen-bond acceptors (Lipinski definition) is 4. The molecular weight excluding hydrogens is 252 g/mol. The molecule has 1 heterocycles. The lowest BCUT2D eigenvalue weighted by molar-refractivity contribution is -0.152. The third-order valence-corrected chi connectivity index (χ3v) is 3.12. The highest BCUT2D eigenvalue weighted by atomic mass is 16.5. The summed E-state index contributed by atoms with van der Waals surface area (Å²) in [4.78, 5) is 35.7. The Bertz CT molecular complexity index is 354. The second-order valence-electron chi connectivity index (χ2n) is 4.31. The van der Waals surface area contributed by atoms with Crippen molar-refractivity contribution in [3.63, 3.8) is 0 Å². The highest BCUT2D eigenvalue weighted by molar-refractivity contribution is 5.87. The van der Waals surface area contributed by atoms with E-state index in [4.69, 9.17) is 9.84 Å². The van der Waals surface area contributed by atoms with Crippen LogP contribution in [-0.2, 0) is 19.1 Å². The molecule has 0 radical (unpaired) electrons. The number of carbonyl (C=O) groups is 3. The molecule has 0 saturated carbocycles. The van der Waals surface area contributed by atoms with Gasteiger partial charge in [0.25, 0.3) is 0 Å². The number of carboxylic acid groups (broad SMARTS) is 1. The molecular formula is C12H20N2O5. The lowest BCUT2D eigenvalue weighted by atomic mass is 10.2. The van der Waals surface area contributed by atoms with Gasteiger partial charge in [0.2, 0.25) is 11.8 Å². The number of ether oxygens (including phenoxy) is 1. The van der Waals surface area contributed by atoms with Crippen molar-refractivity contribution >= 4 is 17.8 Å². The van der Waals surface area contributed by atoms with Crippen molar-refractivity contribution < 1.29 is 24.2 Å². The van der Waals surface area contributed by atoms with Crippen LogP contribution in [0.4, 0.5) is 0 Å². The van der Waals surface area contributed by atoms with E-state index in [1.807, 2.05) is 13.8 Å². The van der Waals surface area contributed by atoms with Gasteiger partial charge < -0.3 is 20.1 Å². The molecule has 19 heavy (non-hydrogen) atoms. The van der Waals surface area contributed by atoms with Crippen molar-refractivity contribution in [2.75, 3.05) is 19.6 Å². The minimum absolute atomic E-state index is 0.0852. The lowest BCUT2D eigenvalue weighted by Gasteiger charge is -2.19. The molecule has 1 fully saturated rings. The maximum Gasteiger partial charge on any atom is 0.332 e. The molecule has 108 valence electrons. The van der Waals surface area contributed by atoms with E-state index < -0.39 is 24.1 Å². The Hall–Kier alpha value is -1.63. The Labute approximate surface area is 111 Å². The molecule has 1 rings (SSSR count). The van der Waals surface area contributed by atoms with E-state index in [0.717, 1.165) is 0 Å². The average molecular weight is 272 g/mol. The summed E-state index contributed by atoms with van der Waals surface area (Å²) >= 11 is 0. The van der Waals surface area contributed by atoms with Gasteiger partial charge in [0, 0.05) is 13.1 Å². The largest absolute Gasteiger partial charge is 0.479 e. The number of likely N-dealkylation sites (N-methyl/N-ethyl adjacent to an activating group) is 1. The van der Waals surface area contributed by atoms with Crippen LogP contribution in [0.3, 0.4) is 0 Å². The summed E-state index contributed by atoms with van der Waals surface area (Å²) in [5.41, 5.74) is 0. The molecule has 1 aliphatic heterocycles. The second kappa shape index (κ2) is 7.08. The van der Waals surface area contributed by atoms with E-state index >= 15 is 0 Å². The van der Waals surface area contributed by atoms with Crippen LogP contribution in [0.5, 0.6) is 0 Å². The van der Waals surface area contributed by atoms with Crippen LogP contribution < -0.4 is 5.32 Å². The van der Waals surface area contributed by atoms with Gasteiger partial charge in [0.15, 0.2) is 6.10 Å². The van der Waals surface area contributed by atoms with Crippen molar-refractivity contribution in [1.29, 1.82) is 0 Å². The van der Waals surface area contributed by atoms with E-state index in [1.165, 1.54) is 0 Å². The van der Waals surface area contributed by atoms with Crippen molar-refractivity contribution in [2.45, 2.75) is 38.9 Å². The Morgan fingerprint density at radius 1 is 1.21 bits per heavy atom. The van der Waals surface area contributed by atoms with Crippen LogP contribution >= 0.6 is 0 Å². The minimum Gasteiger partial charge on any atom is -0.479 e. The number of rotatable bonds is 6. The third-order valence-electron chi connectivity index (χ3n) is 3.12. The number of hydrogen-bond donors (Lipinski definition) is 2. The zero-order chi connectivity index (χ0) is 14.4. The van der Waals surface area contributed by atoms with Gasteiger partial charge in [-0.15, -0.1) is 0 Å². The van der Waals surface area contributed by atoms with Gasteiger partial charge >= 0.3 is 5.97 Å². The Kier molecular flexibility index (Phi) is 5.75. The molecule has 2 atom stereocenters. The van der Waals surface area contributed by atoms with Gasteiger partial charge in [-0.1, -0.05) is 0 Å².